The number of ether oxygens (including phenoxy) is 1. The van der Waals surface area contributed by atoms with Crippen LogP contribution >= 0.6 is 0 Å². The molecule has 0 bridgehead atoms. The van der Waals surface area contributed by atoms with Crippen LogP contribution in [0.25, 0.3) is 11.1 Å². The molecule has 3 saturated carbocycles. The number of carbonyl (C=O) groups excluding carboxylic acids is 1. The van der Waals surface area contributed by atoms with Gasteiger partial charge in [-0.15, -0.1) is 0 Å². The third kappa shape index (κ3) is 5.31. The fraction of sp³-hybridized carbons (Fsp3) is 0.588. The van der Waals surface area contributed by atoms with Gasteiger partial charge in [0.15, 0.2) is 0 Å². The van der Waals surface area contributed by atoms with Crippen LogP contribution in [-0.2, 0) is 15.0 Å². The summed E-state index contributed by atoms with van der Waals surface area (Å²) < 4.78 is 37.6. The molecule has 1 amide bonds. The van der Waals surface area contributed by atoms with Gasteiger partial charge in [0.2, 0.25) is 5.67 Å². The van der Waals surface area contributed by atoms with Gasteiger partial charge in [-0.25, -0.2) is 8.78 Å². The maximum absolute atomic E-state index is 15.8. The van der Waals surface area contributed by atoms with Crippen molar-refractivity contribution in [2.75, 3.05) is 13.1 Å². The molecule has 0 unspecified atom stereocenters. The van der Waals surface area contributed by atoms with Gasteiger partial charge in [0.05, 0.1) is 5.41 Å². The van der Waals surface area contributed by atoms with Gasteiger partial charge in [0.25, 0.3) is 5.91 Å². The number of carbonyl (C=O) groups is 2. The van der Waals surface area contributed by atoms with E-state index >= 15 is 8.78 Å². The molecule has 8 heteroatoms. The van der Waals surface area contributed by atoms with Gasteiger partial charge in [0, 0.05) is 31.1 Å². The molecular weight excluding hydrogens is 538 g/mol. The summed E-state index contributed by atoms with van der Waals surface area (Å²) in [5.41, 5.74) is -0.447. The summed E-state index contributed by atoms with van der Waals surface area (Å²) in [6.07, 6.45) is 7.90. The van der Waals surface area contributed by atoms with E-state index < -0.39 is 23.0 Å². The largest absolute Gasteiger partial charge is 0.490 e. The predicted octanol–water partition coefficient (Wildman–Crippen LogP) is 6.41. The average Bonchev–Trinajstić information content (AvgIpc) is 3.34. The summed E-state index contributed by atoms with van der Waals surface area (Å²) >= 11 is 0. The van der Waals surface area contributed by atoms with Crippen LogP contribution in [0.15, 0.2) is 36.4 Å². The molecule has 4 fully saturated rings. The normalized spacial score (nSPS) is 27.2. The van der Waals surface area contributed by atoms with E-state index in [4.69, 9.17) is 4.74 Å². The van der Waals surface area contributed by atoms with Gasteiger partial charge in [-0.1, -0.05) is 31.0 Å². The van der Waals surface area contributed by atoms with E-state index in [1.54, 1.807) is 32.0 Å². The Hall–Kier alpha value is -3.00. The maximum atomic E-state index is 15.8. The third-order valence-corrected chi connectivity index (χ3v) is 10.5. The Morgan fingerprint density at radius 2 is 1.83 bits per heavy atom. The monoisotopic (exact) mass is 580 g/mol. The molecule has 0 aromatic heterocycles. The lowest BCUT2D eigenvalue weighted by Crippen LogP contribution is -2.61. The van der Waals surface area contributed by atoms with E-state index in [2.05, 4.69) is 10.6 Å². The molecule has 1 aliphatic heterocycles. The summed E-state index contributed by atoms with van der Waals surface area (Å²) in [5.74, 6) is -1.05. The summed E-state index contributed by atoms with van der Waals surface area (Å²) in [6.45, 7) is 4.14. The molecule has 2 aromatic rings. The van der Waals surface area contributed by atoms with Crippen molar-refractivity contribution >= 4 is 11.9 Å². The maximum Gasteiger partial charge on any atom is 0.313 e. The van der Waals surface area contributed by atoms with Crippen molar-refractivity contribution in [3.63, 3.8) is 0 Å². The molecule has 226 valence electrons. The smallest absolute Gasteiger partial charge is 0.313 e. The van der Waals surface area contributed by atoms with E-state index in [0.29, 0.717) is 41.7 Å². The molecule has 6 nitrogen and oxygen atoms in total. The summed E-state index contributed by atoms with van der Waals surface area (Å²) in [4.78, 5) is 25.2. The standard InChI is InChI=1S/C34H42F2N2O4/c1-32(2,31(40)41)22-10-13-28(26(16-22)25-8-4-9-27(35)29(25)21-6-3-7-21)42-24-12-11-23(17-24)38-30(39)34(36)18-33(14-5-15-33)19-37-20-34/h4,8-10,13,16,21,23-24,37H,3,5-7,11-12,14-15,17-20H2,1-2H3,(H,38,39)(H,40,41)/t23-,24-,34-/m1/s1. The zero-order valence-corrected chi connectivity index (χ0v) is 24.6. The number of piperidine rings is 1. The third-order valence-electron chi connectivity index (χ3n) is 10.5. The van der Waals surface area contributed by atoms with Crippen LogP contribution in [0.3, 0.4) is 0 Å². The van der Waals surface area contributed by atoms with Crippen molar-refractivity contribution in [3.05, 3.63) is 53.3 Å². The van der Waals surface area contributed by atoms with Gasteiger partial charge in [-0.3, -0.25) is 9.59 Å². The van der Waals surface area contributed by atoms with Crippen molar-refractivity contribution in [1.29, 1.82) is 0 Å². The number of carboxylic acids is 1. The molecule has 3 aliphatic carbocycles. The minimum Gasteiger partial charge on any atom is -0.490 e. The highest BCUT2D eigenvalue weighted by atomic mass is 19.1. The van der Waals surface area contributed by atoms with Gasteiger partial charge in [-0.2, -0.15) is 0 Å². The van der Waals surface area contributed by atoms with E-state index in [-0.39, 0.29) is 42.3 Å². The highest BCUT2D eigenvalue weighted by Gasteiger charge is 2.52. The zero-order chi connectivity index (χ0) is 29.7. The molecule has 0 radical (unpaired) electrons. The Balaban J connectivity index is 1.22. The van der Waals surface area contributed by atoms with Crippen LogP contribution in [0.2, 0.25) is 0 Å². The van der Waals surface area contributed by atoms with Crippen LogP contribution < -0.4 is 15.4 Å². The predicted molar refractivity (Wildman–Crippen MR) is 157 cm³/mol. The summed E-state index contributed by atoms with van der Waals surface area (Å²) in [6, 6.07) is 10.3. The molecule has 42 heavy (non-hydrogen) atoms. The molecule has 6 rings (SSSR count). The molecule has 3 atom stereocenters. The zero-order valence-electron chi connectivity index (χ0n) is 24.6. The van der Waals surface area contributed by atoms with Crippen LogP contribution in [0.5, 0.6) is 5.75 Å². The lowest BCUT2D eigenvalue weighted by atomic mass is 9.61. The SMILES string of the molecule is CC(C)(C(=O)O)c1ccc(O[C@@H]2CC[C@@H](NC(=O)[C@]3(F)CNCC4(CCC4)C3)C2)c(-c2cccc(F)c2C2CCC2)c1. The number of carboxylic acid groups (broad SMARTS) is 1. The highest BCUT2D eigenvalue weighted by molar-refractivity contribution is 5.86. The molecule has 2 aromatic carbocycles. The first-order valence-corrected chi connectivity index (χ1v) is 15.5. The number of alkyl halides is 1. The van der Waals surface area contributed by atoms with E-state index in [1.807, 2.05) is 12.1 Å². The fourth-order valence-corrected chi connectivity index (χ4v) is 7.35. The van der Waals surface area contributed by atoms with Crippen molar-refractivity contribution in [2.45, 2.75) is 107 Å². The Bertz CT molecular complexity index is 1370. The van der Waals surface area contributed by atoms with Gasteiger partial charge >= 0.3 is 5.97 Å². The average molecular weight is 581 g/mol. The molecule has 1 spiro atoms. The second kappa shape index (κ2) is 10.9. The Labute approximate surface area is 246 Å². The van der Waals surface area contributed by atoms with E-state index in [1.165, 1.54) is 6.07 Å². The first-order valence-electron chi connectivity index (χ1n) is 15.5. The second-order valence-electron chi connectivity index (χ2n) is 13.8. The minimum atomic E-state index is -1.90. The van der Waals surface area contributed by atoms with E-state index in [9.17, 15) is 14.7 Å². The fourth-order valence-electron chi connectivity index (χ4n) is 7.35. The number of nitrogens with one attached hydrogen (secondary N) is 2. The Morgan fingerprint density at radius 1 is 1.05 bits per heavy atom. The van der Waals surface area contributed by atoms with Gasteiger partial charge in [-0.05, 0) is 105 Å². The first-order chi connectivity index (χ1) is 20.0. The molecule has 4 aliphatic rings. The Morgan fingerprint density at radius 3 is 2.50 bits per heavy atom. The van der Waals surface area contributed by atoms with Crippen molar-refractivity contribution in [3.8, 4) is 16.9 Å². The quantitative estimate of drug-likeness (QED) is 0.336. The minimum absolute atomic E-state index is 0.0482. The van der Waals surface area contributed by atoms with Crippen molar-refractivity contribution in [1.82, 2.24) is 10.6 Å². The number of hydrogen-bond donors (Lipinski definition) is 3. The lowest BCUT2D eigenvalue weighted by molar-refractivity contribution is -0.142. The number of hydrogen-bond acceptors (Lipinski definition) is 4. The van der Waals surface area contributed by atoms with E-state index in [0.717, 1.165) is 50.6 Å². The van der Waals surface area contributed by atoms with Gasteiger partial charge in [0.1, 0.15) is 17.7 Å². The Kier molecular flexibility index (Phi) is 7.57. The van der Waals surface area contributed by atoms with Gasteiger partial charge < -0.3 is 20.5 Å². The van der Waals surface area contributed by atoms with Crippen LogP contribution in [-0.4, -0.2) is 47.9 Å². The molecular formula is C34H42F2N2O4. The number of amides is 1. The molecule has 3 N–H and O–H groups in total. The molecule has 1 saturated heterocycles. The highest BCUT2D eigenvalue weighted by Crippen LogP contribution is 2.49. The van der Waals surface area contributed by atoms with Crippen molar-refractivity contribution < 1.29 is 28.2 Å². The van der Waals surface area contributed by atoms with Crippen LogP contribution in [0.1, 0.15) is 95.1 Å². The van der Waals surface area contributed by atoms with Crippen molar-refractivity contribution in [2.24, 2.45) is 5.41 Å². The summed E-state index contributed by atoms with van der Waals surface area (Å²) in [5, 5.41) is 16.0. The second-order valence-corrected chi connectivity index (χ2v) is 13.8. The van der Waals surface area contributed by atoms with Crippen LogP contribution in [0.4, 0.5) is 8.78 Å². The first kappa shape index (κ1) is 29.1. The lowest BCUT2D eigenvalue weighted by Gasteiger charge is -2.49. The number of halogens is 2. The molecule has 1 heterocycles. The number of benzene rings is 2. The number of aliphatic carboxylic acids is 1. The topological polar surface area (TPSA) is 87.7 Å². The summed E-state index contributed by atoms with van der Waals surface area (Å²) in [7, 11) is 0. The number of rotatable bonds is 8. The van der Waals surface area contributed by atoms with Crippen LogP contribution in [0, 0.1) is 11.2 Å².